The average Bonchev–Trinajstić information content (AvgIpc) is 3.00. The molecule has 2 amide bonds. The molecule has 25 heavy (non-hydrogen) atoms. The largest absolute Gasteiger partial charge is 0.325 e. The van der Waals surface area contributed by atoms with Gasteiger partial charge in [0.1, 0.15) is 0 Å². The molecule has 2 aromatic carbocycles. The minimum Gasteiger partial charge on any atom is -0.325 e. The van der Waals surface area contributed by atoms with Crippen LogP contribution in [0.1, 0.15) is 24.5 Å². The lowest BCUT2D eigenvalue weighted by molar-refractivity contribution is -0.122. The predicted octanol–water partition coefficient (Wildman–Crippen LogP) is 4.20. The molecule has 1 N–H and O–H groups in total. The Labute approximate surface area is 152 Å². The van der Waals surface area contributed by atoms with Crippen LogP contribution in [0.25, 0.3) is 0 Å². The number of rotatable bonds is 4. The average molecular weight is 357 g/mol. The Hall–Kier alpha value is -2.33. The van der Waals surface area contributed by atoms with Gasteiger partial charge < -0.3 is 10.2 Å². The molecule has 0 aliphatic carbocycles. The third-order valence-corrected chi connectivity index (χ3v) is 4.85. The first kappa shape index (κ1) is 17.5. The molecule has 1 heterocycles. The molecule has 1 aliphatic heterocycles. The molecule has 4 nitrogen and oxygen atoms in total. The number of halogens is 1. The third-order valence-electron chi connectivity index (χ3n) is 4.62. The van der Waals surface area contributed by atoms with E-state index in [1.807, 2.05) is 37.3 Å². The molecular formula is C20H21ClN2O2. The summed E-state index contributed by atoms with van der Waals surface area (Å²) < 4.78 is 0. The van der Waals surface area contributed by atoms with Crippen molar-refractivity contribution in [3.05, 3.63) is 58.6 Å². The Kier molecular flexibility index (Phi) is 5.09. The highest BCUT2D eigenvalue weighted by Crippen LogP contribution is 2.29. The number of nitrogens with zero attached hydrogens (tertiary/aromatic N) is 1. The Bertz CT molecular complexity index is 819. The van der Waals surface area contributed by atoms with E-state index in [-0.39, 0.29) is 24.2 Å². The normalized spacial score (nSPS) is 17.0. The van der Waals surface area contributed by atoms with Crippen molar-refractivity contribution in [2.75, 3.05) is 16.8 Å². The highest BCUT2D eigenvalue weighted by atomic mass is 35.5. The molecule has 0 spiro atoms. The summed E-state index contributed by atoms with van der Waals surface area (Å²) in [7, 11) is 0. The first-order chi connectivity index (χ1) is 12.0. The second-order valence-corrected chi connectivity index (χ2v) is 6.77. The molecule has 1 fully saturated rings. The van der Waals surface area contributed by atoms with Gasteiger partial charge in [0.25, 0.3) is 0 Å². The lowest BCUT2D eigenvalue weighted by atomic mass is 10.1. The third kappa shape index (κ3) is 3.69. The van der Waals surface area contributed by atoms with Crippen LogP contribution in [0.4, 0.5) is 11.4 Å². The van der Waals surface area contributed by atoms with Gasteiger partial charge in [0.15, 0.2) is 0 Å². The van der Waals surface area contributed by atoms with Crippen molar-refractivity contribution in [2.24, 2.45) is 5.92 Å². The molecule has 1 aliphatic rings. The molecule has 0 bridgehead atoms. The molecule has 3 rings (SSSR count). The van der Waals surface area contributed by atoms with E-state index < -0.39 is 0 Å². The first-order valence-corrected chi connectivity index (χ1v) is 8.82. The van der Waals surface area contributed by atoms with Crippen molar-refractivity contribution < 1.29 is 9.59 Å². The fraction of sp³-hybridized carbons (Fsp3) is 0.300. The van der Waals surface area contributed by atoms with Gasteiger partial charge in [-0.1, -0.05) is 42.8 Å². The minimum absolute atomic E-state index is 0.0103. The Morgan fingerprint density at radius 3 is 2.80 bits per heavy atom. The summed E-state index contributed by atoms with van der Waals surface area (Å²) >= 11 is 6.01. The molecule has 1 atom stereocenters. The topological polar surface area (TPSA) is 49.4 Å². The zero-order chi connectivity index (χ0) is 18.0. The van der Waals surface area contributed by atoms with Crippen molar-refractivity contribution >= 4 is 34.8 Å². The number of nitrogens with one attached hydrogen (secondary N) is 1. The maximum atomic E-state index is 12.6. The van der Waals surface area contributed by atoms with Crippen molar-refractivity contribution in [3.63, 3.8) is 0 Å². The van der Waals surface area contributed by atoms with E-state index in [0.717, 1.165) is 23.2 Å². The highest BCUT2D eigenvalue weighted by molar-refractivity contribution is 6.31. The lowest BCUT2D eigenvalue weighted by Crippen LogP contribution is -2.28. The number of carbonyl (C=O) groups is 2. The summed E-state index contributed by atoms with van der Waals surface area (Å²) in [6.07, 6.45) is 1.07. The van der Waals surface area contributed by atoms with E-state index in [2.05, 4.69) is 12.2 Å². The van der Waals surface area contributed by atoms with E-state index in [4.69, 9.17) is 11.6 Å². The van der Waals surface area contributed by atoms with Gasteiger partial charge in [-0.05, 0) is 42.7 Å². The van der Waals surface area contributed by atoms with Crippen LogP contribution in [-0.4, -0.2) is 18.4 Å². The molecule has 0 aromatic heterocycles. The second-order valence-electron chi connectivity index (χ2n) is 6.34. The van der Waals surface area contributed by atoms with Crippen LogP contribution in [-0.2, 0) is 16.0 Å². The van der Waals surface area contributed by atoms with Crippen LogP contribution in [0.2, 0.25) is 5.02 Å². The number of benzene rings is 2. The lowest BCUT2D eigenvalue weighted by Gasteiger charge is -2.20. The maximum absolute atomic E-state index is 12.6. The number of hydrogen-bond donors (Lipinski definition) is 1. The fourth-order valence-electron chi connectivity index (χ4n) is 3.15. The molecule has 1 saturated heterocycles. The number of carbonyl (C=O) groups excluding carboxylic acids is 2. The summed E-state index contributed by atoms with van der Waals surface area (Å²) in [5.41, 5.74) is 3.65. The van der Waals surface area contributed by atoms with Gasteiger partial charge in [-0.2, -0.15) is 0 Å². The molecule has 5 heteroatoms. The molecule has 0 radical (unpaired) electrons. The molecular weight excluding hydrogens is 336 g/mol. The van der Waals surface area contributed by atoms with Crippen molar-refractivity contribution in [3.8, 4) is 0 Å². The molecule has 130 valence electrons. The van der Waals surface area contributed by atoms with Crippen LogP contribution in [0.15, 0.2) is 42.5 Å². The molecule has 2 aromatic rings. The van der Waals surface area contributed by atoms with Gasteiger partial charge in [-0.15, -0.1) is 0 Å². The quantitative estimate of drug-likeness (QED) is 0.892. The number of para-hydroxylation sites is 1. The first-order valence-electron chi connectivity index (χ1n) is 8.45. The number of hydrogen-bond acceptors (Lipinski definition) is 2. The van der Waals surface area contributed by atoms with Crippen molar-refractivity contribution in [1.82, 2.24) is 0 Å². The van der Waals surface area contributed by atoms with Crippen molar-refractivity contribution in [1.29, 1.82) is 0 Å². The molecule has 0 saturated carbocycles. The summed E-state index contributed by atoms with van der Waals surface area (Å²) in [6.45, 7) is 4.38. The number of anilines is 2. The van der Waals surface area contributed by atoms with Crippen LogP contribution in [0.3, 0.4) is 0 Å². The Morgan fingerprint density at radius 2 is 2.04 bits per heavy atom. The van der Waals surface area contributed by atoms with Gasteiger partial charge in [-0.25, -0.2) is 0 Å². The fourth-order valence-corrected chi connectivity index (χ4v) is 3.32. The highest BCUT2D eigenvalue weighted by Gasteiger charge is 2.35. The standard InChI is InChI=1S/C20H21ClN2O2/c1-3-14-6-4-5-7-18(14)23-12-15(10-19(23)24)20(25)22-17-11-16(21)9-8-13(17)2/h4-9,11,15H,3,10,12H2,1-2H3,(H,22,25)/t15-/m1/s1. The van der Waals surface area contributed by atoms with Gasteiger partial charge >= 0.3 is 0 Å². The van der Waals surface area contributed by atoms with Crippen LogP contribution >= 0.6 is 11.6 Å². The minimum atomic E-state index is -0.365. The van der Waals surface area contributed by atoms with E-state index in [1.165, 1.54) is 0 Å². The van der Waals surface area contributed by atoms with E-state index in [0.29, 0.717) is 17.3 Å². The van der Waals surface area contributed by atoms with Crippen LogP contribution < -0.4 is 10.2 Å². The maximum Gasteiger partial charge on any atom is 0.229 e. The van der Waals surface area contributed by atoms with Crippen molar-refractivity contribution in [2.45, 2.75) is 26.7 Å². The van der Waals surface area contributed by atoms with E-state index in [9.17, 15) is 9.59 Å². The monoisotopic (exact) mass is 356 g/mol. The van der Waals surface area contributed by atoms with Gasteiger partial charge in [0.2, 0.25) is 11.8 Å². The molecule has 0 unspecified atom stereocenters. The number of amides is 2. The Morgan fingerprint density at radius 1 is 1.28 bits per heavy atom. The van der Waals surface area contributed by atoms with E-state index >= 15 is 0 Å². The predicted molar refractivity (Wildman–Crippen MR) is 101 cm³/mol. The second kappa shape index (κ2) is 7.28. The van der Waals surface area contributed by atoms with Gasteiger partial charge in [-0.3, -0.25) is 9.59 Å². The summed E-state index contributed by atoms with van der Waals surface area (Å²) in [5.74, 6) is -0.519. The summed E-state index contributed by atoms with van der Waals surface area (Å²) in [6, 6.07) is 13.2. The SMILES string of the molecule is CCc1ccccc1N1C[C@H](C(=O)Nc2cc(Cl)ccc2C)CC1=O. The van der Waals surface area contributed by atoms with Gasteiger partial charge in [0.05, 0.1) is 5.92 Å². The zero-order valence-electron chi connectivity index (χ0n) is 14.4. The van der Waals surface area contributed by atoms with Crippen LogP contribution in [0.5, 0.6) is 0 Å². The smallest absolute Gasteiger partial charge is 0.229 e. The summed E-state index contributed by atoms with van der Waals surface area (Å²) in [5, 5.41) is 3.48. The van der Waals surface area contributed by atoms with Gasteiger partial charge in [0, 0.05) is 29.4 Å². The zero-order valence-corrected chi connectivity index (χ0v) is 15.1. The summed E-state index contributed by atoms with van der Waals surface area (Å²) in [4.78, 5) is 26.8. The van der Waals surface area contributed by atoms with Crippen LogP contribution in [0, 0.1) is 12.8 Å². The number of aryl methyl sites for hydroxylation is 2. The van der Waals surface area contributed by atoms with E-state index in [1.54, 1.807) is 17.0 Å². The Balaban J connectivity index is 1.76.